The zero-order chi connectivity index (χ0) is 12.0. The smallest absolute Gasteiger partial charge is 0.349 e. The zero-order valence-corrected chi connectivity index (χ0v) is 9.59. The lowest BCUT2D eigenvalue weighted by Gasteiger charge is -1.89. The van der Waals surface area contributed by atoms with Crippen LogP contribution in [0, 0.1) is 11.8 Å². The van der Waals surface area contributed by atoms with Crippen LogP contribution < -0.4 is 0 Å². The minimum absolute atomic E-state index is 0.00361. The molecule has 0 atom stereocenters. The van der Waals surface area contributed by atoms with E-state index in [4.69, 9.17) is 0 Å². The highest BCUT2D eigenvalue weighted by atomic mass is 32.1. The molecule has 0 saturated carbocycles. The largest absolute Gasteiger partial charge is 0.468 e. The number of nitrogens with zero attached hydrogens (tertiary/aromatic N) is 1. The molecule has 0 aliphatic rings. The van der Waals surface area contributed by atoms with E-state index in [1.807, 2.05) is 0 Å². The van der Waals surface area contributed by atoms with E-state index < -0.39 is 11.9 Å². The van der Waals surface area contributed by atoms with Crippen molar-refractivity contribution in [3.8, 4) is 11.8 Å². The number of carbonyl (C=O) groups is 2. The van der Waals surface area contributed by atoms with Crippen LogP contribution in [-0.2, 0) is 14.3 Å². The summed E-state index contributed by atoms with van der Waals surface area (Å²) in [6, 6.07) is 0. The number of ether oxygens (including phenoxy) is 2. The third-order valence-electron chi connectivity index (χ3n) is 1.55. The van der Waals surface area contributed by atoms with E-state index in [-0.39, 0.29) is 6.42 Å². The topological polar surface area (TPSA) is 65.5 Å². The van der Waals surface area contributed by atoms with E-state index in [1.54, 1.807) is 0 Å². The molecule has 0 aliphatic heterocycles. The van der Waals surface area contributed by atoms with Gasteiger partial charge in [-0.2, -0.15) is 0 Å². The minimum atomic E-state index is -0.446. The van der Waals surface area contributed by atoms with Crippen LogP contribution in [0.25, 0.3) is 0 Å². The third kappa shape index (κ3) is 3.37. The summed E-state index contributed by atoms with van der Waals surface area (Å²) in [5.41, 5.74) is 0. The number of hydrogen-bond acceptors (Lipinski definition) is 6. The molecule has 84 valence electrons. The lowest BCUT2D eigenvalue weighted by molar-refractivity contribution is -0.139. The maximum atomic E-state index is 11.1. The normalized spacial score (nSPS) is 8.88. The van der Waals surface area contributed by atoms with Gasteiger partial charge >= 0.3 is 11.9 Å². The number of carbonyl (C=O) groups excluding carboxylic acids is 2. The molecule has 0 N–H and O–H groups in total. The van der Waals surface area contributed by atoms with E-state index in [0.717, 1.165) is 11.3 Å². The first-order valence-corrected chi connectivity index (χ1v) is 5.09. The Hall–Kier alpha value is -1.87. The van der Waals surface area contributed by atoms with Crippen LogP contribution in [0.4, 0.5) is 0 Å². The molecule has 1 heterocycles. The average Bonchev–Trinajstić information content (AvgIpc) is 2.76. The Balaban J connectivity index is 2.65. The second-order valence-electron chi connectivity index (χ2n) is 2.58. The fourth-order valence-corrected chi connectivity index (χ4v) is 1.50. The van der Waals surface area contributed by atoms with Gasteiger partial charge in [-0.25, -0.2) is 9.78 Å². The average molecular weight is 239 g/mol. The van der Waals surface area contributed by atoms with E-state index in [1.165, 1.54) is 20.4 Å². The van der Waals surface area contributed by atoms with Gasteiger partial charge in [0.25, 0.3) is 0 Å². The van der Waals surface area contributed by atoms with Crippen LogP contribution in [0.5, 0.6) is 0 Å². The third-order valence-corrected chi connectivity index (χ3v) is 2.44. The van der Waals surface area contributed by atoms with Crippen LogP contribution in [0.3, 0.4) is 0 Å². The van der Waals surface area contributed by atoms with Crippen molar-refractivity contribution in [2.45, 2.75) is 6.42 Å². The number of esters is 2. The van der Waals surface area contributed by atoms with Gasteiger partial charge in [0.1, 0.15) is 11.3 Å². The molecule has 0 fully saturated rings. The monoisotopic (exact) mass is 239 g/mol. The summed E-state index contributed by atoms with van der Waals surface area (Å²) in [6.07, 6.45) is 1.39. The summed E-state index contributed by atoms with van der Waals surface area (Å²) in [6.45, 7) is 0. The first-order chi connectivity index (χ1) is 7.67. The van der Waals surface area contributed by atoms with Crippen LogP contribution in [0.2, 0.25) is 0 Å². The quantitative estimate of drug-likeness (QED) is 0.565. The summed E-state index contributed by atoms with van der Waals surface area (Å²) < 4.78 is 8.94. The SMILES string of the molecule is COC(=O)CC#Cc1ncc(C(=O)OC)s1. The summed E-state index contributed by atoms with van der Waals surface area (Å²) in [5, 5.41) is 0.462. The summed E-state index contributed by atoms with van der Waals surface area (Å²) in [4.78, 5) is 26.1. The van der Waals surface area contributed by atoms with Crippen molar-refractivity contribution in [3.63, 3.8) is 0 Å². The highest BCUT2D eigenvalue weighted by Crippen LogP contribution is 2.12. The van der Waals surface area contributed by atoms with Crippen LogP contribution >= 0.6 is 11.3 Å². The molecule has 5 nitrogen and oxygen atoms in total. The molecular formula is C10H9NO4S. The Morgan fingerprint density at radius 2 is 2.19 bits per heavy atom. The zero-order valence-electron chi connectivity index (χ0n) is 8.77. The van der Waals surface area contributed by atoms with Gasteiger partial charge in [0.15, 0.2) is 5.01 Å². The summed E-state index contributed by atoms with van der Waals surface area (Å²) in [7, 11) is 2.59. The van der Waals surface area contributed by atoms with Gasteiger partial charge in [-0.05, 0) is 5.92 Å². The van der Waals surface area contributed by atoms with Crippen LogP contribution in [0.1, 0.15) is 21.1 Å². The molecule has 1 aromatic rings. The van der Waals surface area contributed by atoms with Crippen molar-refractivity contribution in [1.29, 1.82) is 0 Å². The maximum Gasteiger partial charge on any atom is 0.349 e. The molecule has 0 unspecified atom stereocenters. The van der Waals surface area contributed by atoms with Gasteiger partial charge in [-0.1, -0.05) is 17.3 Å². The molecule has 1 rings (SSSR count). The maximum absolute atomic E-state index is 11.1. The molecule has 0 amide bonds. The number of hydrogen-bond donors (Lipinski definition) is 0. The molecule has 16 heavy (non-hydrogen) atoms. The predicted molar refractivity (Wildman–Crippen MR) is 57.0 cm³/mol. The lowest BCUT2D eigenvalue weighted by atomic mass is 10.4. The van der Waals surface area contributed by atoms with Crippen LogP contribution in [0.15, 0.2) is 6.20 Å². The first kappa shape index (κ1) is 12.2. The predicted octanol–water partition coefficient (Wildman–Crippen LogP) is 0.844. The summed E-state index contributed by atoms with van der Waals surface area (Å²) >= 11 is 1.11. The molecule has 1 aromatic heterocycles. The molecule has 0 spiro atoms. The number of aromatic nitrogens is 1. The Kier molecular flexibility index (Phi) is 4.48. The van der Waals surface area contributed by atoms with Crippen molar-refractivity contribution in [2.24, 2.45) is 0 Å². The minimum Gasteiger partial charge on any atom is -0.468 e. The molecule has 0 bridgehead atoms. The van der Waals surface area contributed by atoms with Crippen molar-refractivity contribution in [3.05, 3.63) is 16.1 Å². The number of methoxy groups -OCH3 is 2. The Labute approximate surface area is 96.4 Å². The highest BCUT2D eigenvalue weighted by molar-refractivity contribution is 7.14. The van der Waals surface area contributed by atoms with E-state index in [0.29, 0.717) is 9.88 Å². The summed E-state index contributed by atoms with van der Waals surface area (Å²) in [5.74, 6) is 4.40. The van der Waals surface area contributed by atoms with Gasteiger partial charge < -0.3 is 9.47 Å². The Bertz CT molecular complexity index is 455. The molecule has 0 aromatic carbocycles. The second-order valence-corrected chi connectivity index (χ2v) is 3.61. The molecule has 0 radical (unpaired) electrons. The van der Waals surface area contributed by atoms with Crippen LogP contribution in [-0.4, -0.2) is 31.1 Å². The van der Waals surface area contributed by atoms with Crippen molar-refractivity contribution >= 4 is 23.3 Å². The lowest BCUT2D eigenvalue weighted by Crippen LogP contribution is -1.97. The van der Waals surface area contributed by atoms with Crippen molar-refractivity contribution in [2.75, 3.05) is 14.2 Å². The number of thiazole rings is 1. The Morgan fingerprint density at radius 1 is 1.44 bits per heavy atom. The van der Waals surface area contributed by atoms with Gasteiger partial charge in [0.05, 0.1) is 20.4 Å². The fraction of sp³-hybridized carbons (Fsp3) is 0.300. The Morgan fingerprint density at radius 3 is 2.81 bits per heavy atom. The van der Waals surface area contributed by atoms with Gasteiger partial charge in [0.2, 0.25) is 0 Å². The van der Waals surface area contributed by atoms with E-state index in [2.05, 4.69) is 26.3 Å². The van der Waals surface area contributed by atoms with Crippen molar-refractivity contribution < 1.29 is 19.1 Å². The van der Waals surface area contributed by atoms with Gasteiger partial charge in [-0.15, -0.1) is 0 Å². The first-order valence-electron chi connectivity index (χ1n) is 4.27. The molecular weight excluding hydrogens is 230 g/mol. The fourth-order valence-electron chi connectivity index (χ4n) is 0.791. The molecule has 6 heteroatoms. The van der Waals surface area contributed by atoms with E-state index in [9.17, 15) is 9.59 Å². The van der Waals surface area contributed by atoms with Crippen molar-refractivity contribution in [1.82, 2.24) is 4.98 Å². The number of rotatable bonds is 2. The molecule has 0 saturated heterocycles. The standard InChI is InChI=1S/C10H9NO4S/c1-14-9(12)5-3-4-8-11-6-7(16-8)10(13)15-2/h6H,5H2,1-2H3. The van der Waals surface area contributed by atoms with Gasteiger partial charge in [-0.3, -0.25) is 4.79 Å². The second kappa shape index (κ2) is 5.88. The molecule has 0 aliphatic carbocycles. The highest BCUT2D eigenvalue weighted by Gasteiger charge is 2.08. The van der Waals surface area contributed by atoms with Gasteiger partial charge in [0, 0.05) is 0 Å². The van der Waals surface area contributed by atoms with E-state index >= 15 is 0 Å².